The Bertz CT molecular complexity index is 1180. The molecule has 1 N–H and O–H groups in total. The maximum atomic E-state index is 13.7. The summed E-state index contributed by atoms with van der Waals surface area (Å²) in [5, 5.41) is 2.82. The Balaban J connectivity index is 1.80. The molecule has 1 aliphatic heterocycles. The van der Waals surface area contributed by atoms with Crippen LogP contribution in [0.3, 0.4) is 0 Å². The molecule has 0 radical (unpaired) electrons. The highest BCUT2D eigenvalue weighted by Crippen LogP contribution is 2.33. The number of hydrogen-bond donors (Lipinski definition) is 1. The number of hydrogen-bond acceptors (Lipinski definition) is 4. The molecule has 2 aromatic carbocycles. The number of carbonyl (C=O) groups is 2. The molecule has 4 rings (SSSR count). The first-order valence-electron chi connectivity index (χ1n) is 9.27. The van der Waals surface area contributed by atoms with Crippen LogP contribution in [0.25, 0.3) is 5.57 Å². The van der Waals surface area contributed by atoms with Gasteiger partial charge in [0.1, 0.15) is 11.5 Å². The molecule has 152 valence electrons. The molecule has 0 unspecified atom stereocenters. The molecule has 0 aliphatic carbocycles. The molecule has 3 aromatic rings. The maximum absolute atomic E-state index is 13.7. The Morgan fingerprint density at radius 3 is 2.43 bits per heavy atom. The summed E-state index contributed by atoms with van der Waals surface area (Å²) in [6.07, 6.45) is 1.46. The summed E-state index contributed by atoms with van der Waals surface area (Å²) < 4.78 is 32.3. The van der Waals surface area contributed by atoms with Crippen LogP contribution in [0.1, 0.15) is 22.5 Å². The van der Waals surface area contributed by atoms with E-state index in [0.717, 1.165) is 28.2 Å². The fourth-order valence-electron chi connectivity index (χ4n) is 3.46. The second kappa shape index (κ2) is 7.59. The van der Waals surface area contributed by atoms with Crippen LogP contribution in [-0.2, 0) is 16.1 Å². The zero-order chi connectivity index (χ0) is 21.4. The Morgan fingerprint density at radius 2 is 1.77 bits per heavy atom. The van der Waals surface area contributed by atoms with E-state index in [-0.39, 0.29) is 23.5 Å². The van der Waals surface area contributed by atoms with Crippen molar-refractivity contribution in [1.82, 2.24) is 4.90 Å². The van der Waals surface area contributed by atoms with Crippen LogP contribution in [0.4, 0.5) is 14.5 Å². The second-order valence-electron chi connectivity index (χ2n) is 7.10. The predicted molar refractivity (Wildman–Crippen MR) is 107 cm³/mol. The summed E-state index contributed by atoms with van der Waals surface area (Å²) in [6.45, 7) is 3.73. The number of aryl methyl sites for hydroxylation is 2. The van der Waals surface area contributed by atoms with E-state index in [0.29, 0.717) is 11.3 Å². The highest BCUT2D eigenvalue weighted by atomic mass is 19.2. The minimum atomic E-state index is -1.06. The summed E-state index contributed by atoms with van der Waals surface area (Å²) >= 11 is 0. The molecule has 2 amide bonds. The topological polar surface area (TPSA) is 62.6 Å². The molecule has 1 aromatic heterocycles. The Hall–Kier alpha value is -3.74. The molecule has 7 heteroatoms. The summed E-state index contributed by atoms with van der Waals surface area (Å²) in [6, 6.07) is 12.1. The molecule has 0 fully saturated rings. The van der Waals surface area contributed by atoms with Crippen molar-refractivity contribution < 1.29 is 22.8 Å². The van der Waals surface area contributed by atoms with Crippen molar-refractivity contribution >= 4 is 23.1 Å². The molecule has 0 atom stereocenters. The molecular formula is C23H18F2N2O3. The van der Waals surface area contributed by atoms with Gasteiger partial charge in [0.2, 0.25) is 0 Å². The van der Waals surface area contributed by atoms with Crippen molar-refractivity contribution in [3.63, 3.8) is 0 Å². The third-order valence-corrected chi connectivity index (χ3v) is 4.90. The van der Waals surface area contributed by atoms with Crippen LogP contribution in [0.2, 0.25) is 0 Å². The monoisotopic (exact) mass is 408 g/mol. The van der Waals surface area contributed by atoms with Crippen molar-refractivity contribution in [2.45, 2.75) is 20.4 Å². The van der Waals surface area contributed by atoms with Gasteiger partial charge in [-0.3, -0.25) is 14.5 Å². The van der Waals surface area contributed by atoms with Crippen LogP contribution in [-0.4, -0.2) is 16.7 Å². The van der Waals surface area contributed by atoms with Gasteiger partial charge in [-0.2, -0.15) is 0 Å². The van der Waals surface area contributed by atoms with Gasteiger partial charge in [0, 0.05) is 11.8 Å². The zero-order valence-corrected chi connectivity index (χ0v) is 16.3. The van der Waals surface area contributed by atoms with Crippen LogP contribution in [0.15, 0.2) is 64.9 Å². The number of carbonyl (C=O) groups excluding carboxylic acids is 2. The van der Waals surface area contributed by atoms with Gasteiger partial charge in [0.25, 0.3) is 11.8 Å². The number of nitrogens with one attached hydrogen (secondary N) is 1. The minimum absolute atomic E-state index is 0.00418. The standard InChI is InChI=1S/C23H18F2N2O3/c1-13-5-7-17(14(2)10-13)20-21(26-15-6-8-18(24)19(25)11-15)23(29)27(22(20)28)12-16-4-3-9-30-16/h3-11,26H,12H2,1-2H3. The molecule has 0 bridgehead atoms. The fraction of sp³-hybridized carbons (Fsp3) is 0.130. The van der Waals surface area contributed by atoms with E-state index in [1.54, 1.807) is 18.2 Å². The lowest BCUT2D eigenvalue weighted by Gasteiger charge is -2.14. The van der Waals surface area contributed by atoms with E-state index in [1.165, 1.54) is 12.3 Å². The lowest BCUT2D eigenvalue weighted by Crippen LogP contribution is -2.31. The highest BCUT2D eigenvalue weighted by Gasteiger charge is 2.40. The first-order valence-corrected chi connectivity index (χ1v) is 9.27. The van der Waals surface area contributed by atoms with Gasteiger partial charge >= 0.3 is 0 Å². The van der Waals surface area contributed by atoms with E-state index < -0.39 is 23.4 Å². The van der Waals surface area contributed by atoms with Crippen molar-refractivity contribution in [2.24, 2.45) is 0 Å². The van der Waals surface area contributed by atoms with Gasteiger partial charge < -0.3 is 9.73 Å². The molecule has 2 heterocycles. The van der Waals surface area contributed by atoms with Gasteiger partial charge in [-0.25, -0.2) is 8.78 Å². The summed E-state index contributed by atoms with van der Waals surface area (Å²) in [5.41, 5.74) is 2.75. The third-order valence-electron chi connectivity index (χ3n) is 4.90. The van der Waals surface area contributed by atoms with Gasteiger partial charge in [-0.15, -0.1) is 0 Å². The number of halogens is 2. The molecule has 1 aliphatic rings. The zero-order valence-electron chi connectivity index (χ0n) is 16.3. The number of furan rings is 1. The number of rotatable bonds is 5. The predicted octanol–water partition coefficient (Wildman–Crippen LogP) is 4.57. The minimum Gasteiger partial charge on any atom is -0.467 e. The fourth-order valence-corrected chi connectivity index (χ4v) is 3.46. The van der Waals surface area contributed by atoms with E-state index in [9.17, 15) is 18.4 Å². The van der Waals surface area contributed by atoms with Gasteiger partial charge in [0.05, 0.1) is 18.4 Å². The smallest absolute Gasteiger partial charge is 0.278 e. The average Bonchev–Trinajstić information content (AvgIpc) is 3.29. The number of anilines is 1. The van der Waals surface area contributed by atoms with Crippen LogP contribution in [0.5, 0.6) is 0 Å². The summed E-state index contributed by atoms with van der Waals surface area (Å²) in [4.78, 5) is 27.4. The van der Waals surface area contributed by atoms with Crippen molar-refractivity contribution in [3.05, 3.63) is 94.6 Å². The average molecular weight is 408 g/mol. The van der Waals surface area contributed by atoms with Crippen LogP contribution < -0.4 is 5.32 Å². The van der Waals surface area contributed by atoms with E-state index >= 15 is 0 Å². The second-order valence-corrected chi connectivity index (χ2v) is 7.10. The molecule has 5 nitrogen and oxygen atoms in total. The molecule has 0 saturated carbocycles. The lowest BCUT2D eigenvalue weighted by atomic mass is 9.97. The molecule has 0 saturated heterocycles. The number of amides is 2. The van der Waals surface area contributed by atoms with E-state index in [4.69, 9.17) is 4.42 Å². The Kier molecular flexibility index (Phi) is 4.95. The molecule has 0 spiro atoms. The highest BCUT2D eigenvalue weighted by molar-refractivity contribution is 6.36. The van der Waals surface area contributed by atoms with Crippen LogP contribution in [0, 0.1) is 25.5 Å². The van der Waals surface area contributed by atoms with Gasteiger partial charge in [0.15, 0.2) is 11.6 Å². The van der Waals surface area contributed by atoms with Gasteiger partial charge in [-0.05, 0) is 49.2 Å². The lowest BCUT2D eigenvalue weighted by molar-refractivity contribution is -0.137. The largest absolute Gasteiger partial charge is 0.467 e. The maximum Gasteiger partial charge on any atom is 0.278 e. The molecule has 30 heavy (non-hydrogen) atoms. The number of nitrogens with zero attached hydrogens (tertiary/aromatic N) is 1. The van der Waals surface area contributed by atoms with Gasteiger partial charge in [-0.1, -0.05) is 23.8 Å². The van der Waals surface area contributed by atoms with E-state index in [1.807, 2.05) is 26.0 Å². The number of imide groups is 1. The third kappa shape index (κ3) is 3.50. The Labute approximate surface area is 171 Å². The quantitative estimate of drug-likeness (QED) is 0.629. The normalized spacial score (nSPS) is 14.1. The number of benzene rings is 2. The summed E-state index contributed by atoms with van der Waals surface area (Å²) in [5.74, 6) is -2.68. The molecular weight excluding hydrogens is 390 g/mol. The van der Waals surface area contributed by atoms with Crippen molar-refractivity contribution in [2.75, 3.05) is 5.32 Å². The Morgan fingerprint density at radius 1 is 0.967 bits per heavy atom. The van der Waals surface area contributed by atoms with Crippen molar-refractivity contribution in [1.29, 1.82) is 0 Å². The van der Waals surface area contributed by atoms with Crippen LogP contribution >= 0.6 is 0 Å². The first kappa shape index (κ1) is 19.6. The van der Waals surface area contributed by atoms with E-state index in [2.05, 4.69) is 5.32 Å². The summed E-state index contributed by atoms with van der Waals surface area (Å²) in [7, 11) is 0. The van der Waals surface area contributed by atoms with Crippen molar-refractivity contribution in [3.8, 4) is 0 Å². The SMILES string of the molecule is Cc1ccc(C2=C(Nc3ccc(F)c(F)c3)C(=O)N(Cc3ccco3)C2=O)c(C)c1. The first-order chi connectivity index (χ1) is 14.3.